The first-order valence-electron chi connectivity index (χ1n) is 5.16. The molecule has 0 aromatic heterocycles. The van der Waals surface area contributed by atoms with E-state index in [1.807, 2.05) is 6.92 Å². The fourth-order valence-electron chi connectivity index (χ4n) is 1.23. The summed E-state index contributed by atoms with van der Waals surface area (Å²) < 4.78 is 4.96. The second-order valence-electron chi connectivity index (χ2n) is 3.34. The van der Waals surface area contributed by atoms with Gasteiger partial charge >= 0.3 is 11.9 Å². The van der Waals surface area contributed by atoms with Crippen molar-refractivity contribution in [1.29, 1.82) is 0 Å². The van der Waals surface area contributed by atoms with Gasteiger partial charge in [0.05, 0.1) is 17.7 Å². The van der Waals surface area contributed by atoms with Crippen molar-refractivity contribution in [2.24, 2.45) is 0 Å². The van der Waals surface area contributed by atoms with Crippen molar-refractivity contribution in [3.05, 3.63) is 35.4 Å². The van der Waals surface area contributed by atoms with Crippen LogP contribution in [0.5, 0.6) is 0 Å². The molecular formula is C12H14O4Zn. The third-order valence-corrected chi connectivity index (χ3v) is 2.11. The van der Waals surface area contributed by atoms with Gasteiger partial charge in [0.2, 0.25) is 0 Å². The standard InChI is InChI=1S/C12H14O4.Zn/c1-2-3-8-16-12(15)10-7-5-4-6-9(10)11(13)14;/h4-7H,2-3,8H2,1H3,(H,13,14);. The van der Waals surface area contributed by atoms with Crippen molar-refractivity contribution in [2.75, 3.05) is 6.61 Å². The van der Waals surface area contributed by atoms with E-state index in [1.165, 1.54) is 12.1 Å². The minimum absolute atomic E-state index is 0. The van der Waals surface area contributed by atoms with Gasteiger partial charge in [-0.1, -0.05) is 25.5 Å². The summed E-state index contributed by atoms with van der Waals surface area (Å²) in [5, 5.41) is 8.88. The molecule has 0 amide bonds. The molecule has 0 fully saturated rings. The van der Waals surface area contributed by atoms with Crippen LogP contribution in [0.3, 0.4) is 0 Å². The fourth-order valence-corrected chi connectivity index (χ4v) is 1.23. The number of esters is 1. The summed E-state index contributed by atoms with van der Waals surface area (Å²) >= 11 is 0. The predicted octanol–water partition coefficient (Wildman–Crippen LogP) is 2.34. The van der Waals surface area contributed by atoms with Crippen LogP contribution < -0.4 is 0 Å². The Labute approximate surface area is 113 Å². The van der Waals surface area contributed by atoms with Crippen molar-refractivity contribution in [3.63, 3.8) is 0 Å². The van der Waals surface area contributed by atoms with Gasteiger partial charge in [0.1, 0.15) is 0 Å². The molecule has 4 nitrogen and oxygen atoms in total. The van der Waals surface area contributed by atoms with Crippen LogP contribution >= 0.6 is 0 Å². The maximum absolute atomic E-state index is 11.6. The zero-order chi connectivity index (χ0) is 12.0. The van der Waals surface area contributed by atoms with Crippen molar-refractivity contribution in [2.45, 2.75) is 19.8 Å². The summed E-state index contributed by atoms with van der Waals surface area (Å²) in [4.78, 5) is 22.4. The number of rotatable bonds is 5. The maximum atomic E-state index is 11.6. The number of carbonyl (C=O) groups is 2. The van der Waals surface area contributed by atoms with E-state index >= 15 is 0 Å². The summed E-state index contributed by atoms with van der Waals surface area (Å²) in [5.41, 5.74) is 0.0788. The molecule has 0 radical (unpaired) electrons. The largest absolute Gasteiger partial charge is 0.478 e. The molecular weight excluding hydrogens is 274 g/mol. The quantitative estimate of drug-likeness (QED) is 0.513. The first kappa shape index (κ1) is 15.8. The molecule has 0 saturated heterocycles. The molecule has 5 heteroatoms. The molecule has 0 heterocycles. The summed E-state index contributed by atoms with van der Waals surface area (Å²) in [7, 11) is 0. The van der Waals surface area contributed by atoms with Crippen LogP contribution in [0, 0.1) is 0 Å². The van der Waals surface area contributed by atoms with E-state index in [-0.39, 0.29) is 30.6 Å². The van der Waals surface area contributed by atoms with Crippen LogP contribution in [0.2, 0.25) is 0 Å². The predicted molar refractivity (Wildman–Crippen MR) is 58.6 cm³/mol. The van der Waals surface area contributed by atoms with Gasteiger partial charge < -0.3 is 9.84 Å². The molecule has 88 valence electrons. The second kappa shape index (κ2) is 7.96. The number of carboxylic acids is 1. The number of hydrogen-bond donors (Lipinski definition) is 1. The normalized spacial score (nSPS) is 9.24. The van der Waals surface area contributed by atoms with Crippen molar-refractivity contribution >= 4 is 11.9 Å². The van der Waals surface area contributed by atoms with Crippen LogP contribution in [0.25, 0.3) is 0 Å². The first-order valence-corrected chi connectivity index (χ1v) is 5.16. The number of ether oxygens (including phenoxy) is 1. The molecule has 0 aliphatic carbocycles. The van der Waals surface area contributed by atoms with Gasteiger partial charge in [0.15, 0.2) is 0 Å². The van der Waals surface area contributed by atoms with Gasteiger partial charge in [-0.2, -0.15) is 0 Å². The Morgan fingerprint density at radius 3 is 2.35 bits per heavy atom. The molecule has 1 aromatic carbocycles. The second-order valence-corrected chi connectivity index (χ2v) is 3.34. The third kappa shape index (κ3) is 4.65. The van der Waals surface area contributed by atoms with Gasteiger partial charge in [-0.15, -0.1) is 0 Å². The van der Waals surface area contributed by atoms with Crippen LogP contribution in [0.4, 0.5) is 0 Å². The van der Waals surface area contributed by atoms with Crippen LogP contribution in [0.1, 0.15) is 40.5 Å². The van der Waals surface area contributed by atoms with Gasteiger partial charge in [-0.3, -0.25) is 0 Å². The first-order chi connectivity index (χ1) is 7.66. The van der Waals surface area contributed by atoms with Crippen molar-refractivity contribution in [3.8, 4) is 0 Å². The van der Waals surface area contributed by atoms with Gasteiger partial charge in [-0.05, 0) is 18.6 Å². The zero-order valence-electron chi connectivity index (χ0n) is 9.81. The topological polar surface area (TPSA) is 63.6 Å². The molecule has 17 heavy (non-hydrogen) atoms. The minimum atomic E-state index is -1.12. The number of unbranched alkanes of at least 4 members (excludes halogenated alkanes) is 1. The van der Waals surface area contributed by atoms with Gasteiger partial charge in [0, 0.05) is 19.5 Å². The number of carboxylic acid groups (broad SMARTS) is 1. The van der Waals surface area contributed by atoms with Crippen LogP contribution in [0.15, 0.2) is 24.3 Å². The Bertz CT molecular complexity index is 390. The van der Waals surface area contributed by atoms with Crippen molar-refractivity contribution in [1.82, 2.24) is 0 Å². The zero-order valence-corrected chi connectivity index (χ0v) is 12.8. The summed E-state index contributed by atoms with van der Waals surface area (Å²) in [5.74, 6) is -1.70. The van der Waals surface area contributed by atoms with E-state index in [2.05, 4.69) is 0 Å². The molecule has 0 aliphatic rings. The molecule has 0 spiro atoms. The van der Waals surface area contributed by atoms with E-state index in [9.17, 15) is 9.59 Å². The smallest absolute Gasteiger partial charge is 0.339 e. The van der Waals surface area contributed by atoms with E-state index in [0.29, 0.717) is 6.61 Å². The minimum Gasteiger partial charge on any atom is -0.478 e. The molecule has 0 saturated carbocycles. The molecule has 1 N–H and O–H groups in total. The molecule has 0 aliphatic heterocycles. The number of carbonyl (C=O) groups excluding carboxylic acids is 1. The molecule has 1 aromatic rings. The van der Waals surface area contributed by atoms with Gasteiger partial charge in [0.25, 0.3) is 0 Å². The molecule has 0 atom stereocenters. The number of benzene rings is 1. The summed E-state index contributed by atoms with van der Waals surface area (Å²) in [6, 6.07) is 6.03. The van der Waals surface area contributed by atoms with E-state index in [1.54, 1.807) is 12.1 Å². The fraction of sp³-hybridized carbons (Fsp3) is 0.333. The summed E-state index contributed by atoms with van der Waals surface area (Å²) in [6.45, 7) is 2.31. The Hall–Kier alpha value is -1.22. The molecule has 0 unspecified atom stereocenters. The van der Waals surface area contributed by atoms with E-state index in [4.69, 9.17) is 9.84 Å². The van der Waals surface area contributed by atoms with E-state index in [0.717, 1.165) is 12.8 Å². The van der Waals surface area contributed by atoms with Crippen molar-refractivity contribution < 1.29 is 38.9 Å². The molecule has 0 bridgehead atoms. The Morgan fingerprint density at radius 2 is 1.82 bits per heavy atom. The average Bonchev–Trinajstić information content (AvgIpc) is 2.29. The maximum Gasteiger partial charge on any atom is 0.339 e. The van der Waals surface area contributed by atoms with Gasteiger partial charge in [-0.25, -0.2) is 9.59 Å². The summed E-state index contributed by atoms with van der Waals surface area (Å²) in [6.07, 6.45) is 1.70. The Kier molecular flexibility index (Phi) is 7.39. The number of aromatic carboxylic acids is 1. The third-order valence-electron chi connectivity index (χ3n) is 2.11. The number of hydrogen-bond acceptors (Lipinski definition) is 3. The molecule has 1 rings (SSSR count). The Balaban J connectivity index is 0.00000256. The monoisotopic (exact) mass is 286 g/mol. The Morgan fingerprint density at radius 1 is 1.24 bits per heavy atom. The van der Waals surface area contributed by atoms with Crippen LogP contribution in [-0.4, -0.2) is 23.7 Å². The SMILES string of the molecule is CCCCOC(=O)c1ccccc1C(=O)O.[Zn]. The van der Waals surface area contributed by atoms with E-state index < -0.39 is 11.9 Å². The average molecular weight is 288 g/mol. The van der Waals surface area contributed by atoms with Crippen LogP contribution in [-0.2, 0) is 24.2 Å².